The zero-order chi connectivity index (χ0) is 9.31. The zero-order valence-corrected chi connectivity index (χ0v) is 8.58. The predicted octanol–water partition coefficient (Wildman–Crippen LogP) is 1.23. The van der Waals surface area contributed by atoms with Crippen LogP contribution in [0, 0.1) is 0 Å². The molecule has 0 aliphatic carbocycles. The van der Waals surface area contributed by atoms with Crippen molar-refractivity contribution in [2.24, 2.45) is 0 Å². The molecule has 0 aromatic rings. The summed E-state index contributed by atoms with van der Waals surface area (Å²) in [6.45, 7) is 8.14. The Morgan fingerprint density at radius 1 is 1.23 bits per heavy atom. The number of hydrogen-bond donors (Lipinski definition) is 0. The molecule has 2 aliphatic rings. The first-order valence-electron chi connectivity index (χ1n) is 5.24. The molecule has 3 heteroatoms. The lowest BCUT2D eigenvalue weighted by Crippen LogP contribution is -2.51. The van der Waals surface area contributed by atoms with E-state index in [0.29, 0.717) is 6.04 Å². The monoisotopic (exact) mass is 185 g/mol. The average molecular weight is 185 g/mol. The zero-order valence-electron chi connectivity index (χ0n) is 8.58. The van der Waals surface area contributed by atoms with Gasteiger partial charge in [-0.2, -0.15) is 0 Å². The summed E-state index contributed by atoms with van der Waals surface area (Å²) in [7, 11) is 0. The van der Waals surface area contributed by atoms with Crippen LogP contribution in [0.4, 0.5) is 0 Å². The van der Waals surface area contributed by atoms with Gasteiger partial charge in [0.15, 0.2) is 5.79 Å². The van der Waals surface area contributed by atoms with Crippen LogP contribution in [0.3, 0.4) is 0 Å². The van der Waals surface area contributed by atoms with Crippen molar-refractivity contribution in [3.8, 4) is 0 Å². The number of rotatable bonds is 1. The van der Waals surface area contributed by atoms with E-state index in [1.807, 2.05) is 0 Å². The van der Waals surface area contributed by atoms with E-state index in [1.54, 1.807) is 0 Å². The van der Waals surface area contributed by atoms with Crippen molar-refractivity contribution >= 4 is 0 Å². The normalized spacial score (nSPS) is 28.8. The van der Waals surface area contributed by atoms with Crippen molar-refractivity contribution in [2.75, 3.05) is 26.3 Å². The number of hydrogen-bond acceptors (Lipinski definition) is 3. The topological polar surface area (TPSA) is 21.7 Å². The largest absolute Gasteiger partial charge is 0.346 e. The highest BCUT2D eigenvalue weighted by Gasteiger charge is 2.41. The van der Waals surface area contributed by atoms with Crippen LogP contribution in [0.1, 0.15) is 26.7 Å². The fourth-order valence-electron chi connectivity index (χ4n) is 2.19. The molecule has 0 aromatic carbocycles. The molecule has 76 valence electrons. The molecule has 0 saturated carbocycles. The van der Waals surface area contributed by atoms with Gasteiger partial charge in [0, 0.05) is 12.5 Å². The minimum Gasteiger partial charge on any atom is -0.346 e. The Morgan fingerprint density at radius 3 is 2.54 bits per heavy atom. The van der Waals surface area contributed by atoms with Crippen LogP contribution in [0.15, 0.2) is 0 Å². The lowest BCUT2D eigenvalue weighted by Gasteiger charge is -2.40. The molecule has 0 N–H and O–H groups in total. The Balaban J connectivity index is 1.98. The second-order valence-electron chi connectivity index (χ2n) is 4.28. The number of likely N-dealkylation sites (tertiary alicyclic amines) is 1. The highest BCUT2D eigenvalue weighted by atomic mass is 16.7. The van der Waals surface area contributed by atoms with Gasteiger partial charge in [0.25, 0.3) is 0 Å². The summed E-state index contributed by atoms with van der Waals surface area (Å²) in [4.78, 5) is 2.44. The van der Waals surface area contributed by atoms with E-state index in [2.05, 4.69) is 18.7 Å². The van der Waals surface area contributed by atoms with Gasteiger partial charge in [-0.1, -0.05) is 0 Å². The Kier molecular flexibility index (Phi) is 2.58. The van der Waals surface area contributed by atoms with E-state index in [0.717, 1.165) is 26.2 Å². The molecule has 13 heavy (non-hydrogen) atoms. The molecule has 2 saturated heterocycles. The van der Waals surface area contributed by atoms with Crippen molar-refractivity contribution in [3.63, 3.8) is 0 Å². The molecule has 2 aliphatic heterocycles. The molecule has 0 amide bonds. The van der Waals surface area contributed by atoms with Crippen molar-refractivity contribution in [1.82, 2.24) is 4.90 Å². The molecule has 2 heterocycles. The van der Waals surface area contributed by atoms with Crippen LogP contribution in [0.2, 0.25) is 0 Å². The van der Waals surface area contributed by atoms with Gasteiger partial charge >= 0.3 is 0 Å². The summed E-state index contributed by atoms with van der Waals surface area (Å²) in [5, 5.41) is 0. The maximum atomic E-state index is 5.70. The van der Waals surface area contributed by atoms with Crippen molar-refractivity contribution < 1.29 is 9.47 Å². The summed E-state index contributed by atoms with van der Waals surface area (Å²) in [5.41, 5.74) is 0. The SMILES string of the molecule is CC(C)N1CCCC2(C1)OCCO2. The molecule has 0 bridgehead atoms. The van der Waals surface area contributed by atoms with Crippen molar-refractivity contribution in [3.05, 3.63) is 0 Å². The Morgan fingerprint density at radius 2 is 1.92 bits per heavy atom. The molecule has 0 radical (unpaired) electrons. The summed E-state index contributed by atoms with van der Waals surface area (Å²) >= 11 is 0. The molecule has 2 fully saturated rings. The first kappa shape index (κ1) is 9.44. The van der Waals surface area contributed by atoms with Gasteiger partial charge in [-0.3, -0.25) is 4.90 Å². The molecule has 3 nitrogen and oxygen atoms in total. The maximum Gasteiger partial charge on any atom is 0.181 e. The first-order valence-corrected chi connectivity index (χ1v) is 5.24. The summed E-state index contributed by atoms with van der Waals surface area (Å²) in [6.07, 6.45) is 2.26. The predicted molar refractivity (Wildman–Crippen MR) is 50.6 cm³/mol. The van der Waals surface area contributed by atoms with Gasteiger partial charge in [-0.05, 0) is 26.8 Å². The van der Waals surface area contributed by atoms with Crippen LogP contribution in [0.25, 0.3) is 0 Å². The van der Waals surface area contributed by atoms with E-state index < -0.39 is 0 Å². The van der Waals surface area contributed by atoms with Crippen LogP contribution >= 0.6 is 0 Å². The number of piperidine rings is 1. The van der Waals surface area contributed by atoms with Crippen LogP contribution < -0.4 is 0 Å². The van der Waals surface area contributed by atoms with Crippen molar-refractivity contribution in [1.29, 1.82) is 0 Å². The average Bonchev–Trinajstić information content (AvgIpc) is 2.53. The van der Waals surface area contributed by atoms with Crippen molar-refractivity contribution in [2.45, 2.75) is 38.5 Å². The Hall–Kier alpha value is -0.120. The standard InChI is InChI=1S/C10H19NO2/c1-9(2)11-5-3-4-10(8-11)12-6-7-13-10/h9H,3-8H2,1-2H3. The third kappa shape index (κ3) is 1.87. The second-order valence-corrected chi connectivity index (χ2v) is 4.28. The smallest absolute Gasteiger partial charge is 0.181 e. The van der Waals surface area contributed by atoms with Gasteiger partial charge in [0.2, 0.25) is 0 Å². The number of nitrogens with zero attached hydrogens (tertiary/aromatic N) is 1. The fourth-order valence-corrected chi connectivity index (χ4v) is 2.19. The quantitative estimate of drug-likeness (QED) is 0.613. The van der Waals surface area contributed by atoms with Gasteiger partial charge in [0.1, 0.15) is 0 Å². The molecule has 1 spiro atoms. The van der Waals surface area contributed by atoms with Crippen LogP contribution in [-0.4, -0.2) is 43.0 Å². The first-order chi connectivity index (χ1) is 6.22. The van der Waals surface area contributed by atoms with E-state index in [-0.39, 0.29) is 5.79 Å². The molecular formula is C10H19NO2. The third-order valence-electron chi connectivity index (χ3n) is 2.99. The Bertz CT molecular complexity index is 176. The van der Waals surface area contributed by atoms with Gasteiger partial charge in [-0.25, -0.2) is 0 Å². The lowest BCUT2D eigenvalue weighted by molar-refractivity contribution is -0.192. The molecular weight excluding hydrogens is 166 g/mol. The Labute approximate surface area is 80.0 Å². The fraction of sp³-hybridized carbons (Fsp3) is 1.00. The highest BCUT2D eigenvalue weighted by molar-refractivity contribution is 4.84. The molecule has 2 rings (SSSR count). The van der Waals surface area contributed by atoms with E-state index in [4.69, 9.17) is 9.47 Å². The van der Waals surface area contributed by atoms with Gasteiger partial charge < -0.3 is 9.47 Å². The minimum atomic E-state index is -0.248. The third-order valence-corrected chi connectivity index (χ3v) is 2.99. The minimum absolute atomic E-state index is 0.248. The number of ether oxygens (including phenoxy) is 2. The summed E-state index contributed by atoms with van der Waals surface area (Å²) in [6, 6.07) is 0.602. The summed E-state index contributed by atoms with van der Waals surface area (Å²) < 4.78 is 11.4. The van der Waals surface area contributed by atoms with Crippen LogP contribution in [-0.2, 0) is 9.47 Å². The van der Waals surface area contributed by atoms with E-state index >= 15 is 0 Å². The maximum absolute atomic E-state index is 5.70. The van der Waals surface area contributed by atoms with E-state index in [9.17, 15) is 0 Å². The summed E-state index contributed by atoms with van der Waals surface area (Å²) in [5.74, 6) is -0.248. The van der Waals surface area contributed by atoms with Gasteiger partial charge in [-0.15, -0.1) is 0 Å². The van der Waals surface area contributed by atoms with Crippen LogP contribution in [0.5, 0.6) is 0 Å². The molecule has 0 aromatic heterocycles. The highest BCUT2D eigenvalue weighted by Crippen LogP contribution is 2.30. The second kappa shape index (κ2) is 3.56. The van der Waals surface area contributed by atoms with E-state index in [1.165, 1.54) is 13.0 Å². The molecule has 0 unspecified atom stereocenters. The van der Waals surface area contributed by atoms with Gasteiger partial charge in [0.05, 0.1) is 19.8 Å². The lowest BCUT2D eigenvalue weighted by atomic mass is 10.0. The molecule has 0 atom stereocenters.